The highest BCUT2D eigenvalue weighted by Gasteiger charge is 2.33. The predicted octanol–water partition coefficient (Wildman–Crippen LogP) is 1.32. The monoisotopic (exact) mass is 456 g/mol. The topological polar surface area (TPSA) is 139 Å². The third kappa shape index (κ3) is 8.34. The number of amides is 2. The molecular weight excluding hydrogens is 425 g/mol. The SMILES string of the molecule is NC(CCCCB(O)O)(CCCN1CCN(C(=O)Nc2cc(F)cc(F)c2)CC1)C(=O)O. The van der Waals surface area contributed by atoms with Crippen molar-refractivity contribution in [3.05, 3.63) is 29.8 Å². The van der Waals surface area contributed by atoms with Gasteiger partial charge in [0.1, 0.15) is 17.2 Å². The molecule has 0 saturated carbocycles. The van der Waals surface area contributed by atoms with Gasteiger partial charge < -0.3 is 31.1 Å². The summed E-state index contributed by atoms with van der Waals surface area (Å²) in [5, 5.41) is 29.7. The molecule has 1 aliphatic heterocycles. The fourth-order valence-electron chi connectivity index (χ4n) is 3.73. The number of carbonyl (C=O) groups is 2. The quantitative estimate of drug-likeness (QED) is 0.250. The van der Waals surface area contributed by atoms with Gasteiger partial charge in [-0.25, -0.2) is 13.6 Å². The predicted molar refractivity (Wildman–Crippen MR) is 116 cm³/mol. The Bertz CT molecular complexity index is 760. The third-order valence-corrected chi connectivity index (χ3v) is 5.63. The average Bonchev–Trinajstić information content (AvgIpc) is 2.70. The Morgan fingerprint density at radius 1 is 1.03 bits per heavy atom. The molecule has 9 nitrogen and oxygen atoms in total. The van der Waals surface area contributed by atoms with Gasteiger partial charge in [-0.3, -0.25) is 9.69 Å². The van der Waals surface area contributed by atoms with Crippen LogP contribution in [0.2, 0.25) is 6.32 Å². The summed E-state index contributed by atoms with van der Waals surface area (Å²) in [5.74, 6) is -2.61. The number of urea groups is 1. The number of halogens is 2. The van der Waals surface area contributed by atoms with Crippen LogP contribution < -0.4 is 11.1 Å². The van der Waals surface area contributed by atoms with E-state index < -0.39 is 36.3 Å². The highest BCUT2D eigenvalue weighted by Crippen LogP contribution is 2.20. The molecule has 0 aliphatic carbocycles. The Labute approximate surface area is 186 Å². The van der Waals surface area contributed by atoms with Crippen molar-refractivity contribution in [2.24, 2.45) is 5.73 Å². The number of carboxylic acid groups (broad SMARTS) is 1. The van der Waals surface area contributed by atoms with E-state index in [1.807, 2.05) is 0 Å². The largest absolute Gasteiger partial charge is 0.480 e. The Balaban J connectivity index is 1.72. The molecule has 32 heavy (non-hydrogen) atoms. The van der Waals surface area contributed by atoms with Gasteiger partial charge in [-0.1, -0.05) is 12.8 Å². The van der Waals surface area contributed by atoms with Gasteiger partial charge >= 0.3 is 19.1 Å². The second kappa shape index (κ2) is 12.1. The fraction of sp³-hybridized carbons (Fsp3) is 0.600. The lowest BCUT2D eigenvalue weighted by Gasteiger charge is -2.35. The Morgan fingerprint density at radius 2 is 1.62 bits per heavy atom. The first-order chi connectivity index (χ1) is 15.1. The number of carbonyl (C=O) groups excluding carboxylic acids is 1. The molecule has 1 aliphatic rings. The van der Waals surface area contributed by atoms with Gasteiger partial charge in [0.2, 0.25) is 0 Å². The summed E-state index contributed by atoms with van der Waals surface area (Å²) < 4.78 is 26.5. The van der Waals surface area contributed by atoms with E-state index in [0.717, 1.165) is 18.2 Å². The number of hydrogen-bond acceptors (Lipinski definition) is 6. The van der Waals surface area contributed by atoms with Crippen LogP contribution in [0.15, 0.2) is 18.2 Å². The molecule has 6 N–H and O–H groups in total. The number of anilines is 1. The lowest BCUT2D eigenvalue weighted by atomic mass is 9.81. The zero-order chi connectivity index (χ0) is 23.7. The van der Waals surface area contributed by atoms with Crippen LogP contribution in [0.25, 0.3) is 0 Å². The van der Waals surface area contributed by atoms with Gasteiger partial charge in [-0.15, -0.1) is 0 Å². The first-order valence-corrected chi connectivity index (χ1v) is 10.7. The molecule has 0 spiro atoms. The molecule has 1 aromatic rings. The first-order valence-electron chi connectivity index (χ1n) is 10.7. The van der Waals surface area contributed by atoms with E-state index in [2.05, 4.69) is 10.2 Å². The Morgan fingerprint density at radius 3 is 2.19 bits per heavy atom. The molecule has 178 valence electrons. The lowest BCUT2D eigenvalue weighted by molar-refractivity contribution is -0.144. The maximum Gasteiger partial charge on any atom is 0.451 e. The number of aliphatic carboxylic acids is 1. The van der Waals surface area contributed by atoms with E-state index in [1.54, 1.807) is 4.90 Å². The summed E-state index contributed by atoms with van der Waals surface area (Å²) in [5.41, 5.74) is 4.77. The minimum atomic E-state index is -1.40. The average molecular weight is 456 g/mol. The number of rotatable bonds is 11. The second-order valence-corrected chi connectivity index (χ2v) is 8.21. The summed E-state index contributed by atoms with van der Waals surface area (Å²) in [4.78, 5) is 27.6. The van der Waals surface area contributed by atoms with Crippen molar-refractivity contribution in [2.45, 2.75) is 44.0 Å². The van der Waals surface area contributed by atoms with Crippen molar-refractivity contribution in [3.63, 3.8) is 0 Å². The Kier molecular flexibility index (Phi) is 9.82. The standard InChI is InChI=1S/C20H31BF2N4O5/c22-15-12-16(23)14-17(13-15)25-19(30)27-10-8-26(9-11-27)7-3-5-20(24,18(28)29)4-1-2-6-21(31)32/h12-14,31-32H,1-11,24H2,(H,25,30)(H,28,29). The van der Waals surface area contributed by atoms with Crippen LogP contribution in [-0.2, 0) is 4.79 Å². The summed E-state index contributed by atoms with van der Waals surface area (Å²) in [6, 6.07) is 2.39. The lowest BCUT2D eigenvalue weighted by Crippen LogP contribution is -2.51. The number of carboxylic acids is 1. The van der Waals surface area contributed by atoms with E-state index in [-0.39, 0.29) is 24.8 Å². The zero-order valence-corrected chi connectivity index (χ0v) is 18.0. The Hall–Kier alpha value is -2.28. The highest BCUT2D eigenvalue weighted by atomic mass is 19.1. The summed E-state index contributed by atoms with van der Waals surface area (Å²) in [6.45, 7) is 2.67. The van der Waals surface area contributed by atoms with Crippen LogP contribution >= 0.6 is 0 Å². The normalized spacial score (nSPS) is 16.5. The van der Waals surface area contributed by atoms with Crippen molar-refractivity contribution in [1.29, 1.82) is 0 Å². The highest BCUT2D eigenvalue weighted by molar-refractivity contribution is 6.40. The molecule has 0 radical (unpaired) electrons. The first kappa shape index (κ1) is 26.0. The van der Waals surface area contributed by atoms with Crippen LogP contribution in [0, 0.1) is 11.6 Å². The number of piperazine rings is 1. The van der Waals surface area contributed by atoms with Gasteiger partial charge in [-0.2, -0.15) is 0 Å². The van der Waals surface area contributed by atoms with Crippen molar-refractivity contribution >= 4 is 24.8 Å². The molecule has 1 heterocycles. The molecule has 1 aromatic carbocycles. The number of hydrogen-bond donors (Lipinski definition) is 5. The molecule has 1 saturated heterocycles. The minimum absolute atomic E-state index is 0.0522. The van der Waals surface area contributed by atoms with E-state index in [0.29, 0.717) is 52.0 Å². The van der Waals surface area contributed by atoms with Crippen LogP contribution in [0.1, 0.15) is 32.1 Å². The van der Waals surface area contributed by atoms with Crippen molar-refractivity contribution in [1.82, 2.24) is 9.80 Å². The maximum atomic E-state index is 13.3. The number of unbranched alkanes of at least 4 members (excludes halogenated alkanes) is 1. The van der Waals surface area contributed by atoms with Crippen LogP contribution in [0.3, 0.4) is 0 Å². The van der Waals surface area contributed by atoms with Crippen LogP contribution in [0.4, 0.5) is 19.3 Å². The van der Waals surface area contributed by atoms with E-state index in [4.69, 9.17) is 15.8 Å². The third-order valence-electron chi connectivity index (χ3n) is 5.63. The number of benzene rings is 1. The van der Waals surface area contributed by atoms with Gasteiger partial charge in [0.25, 0.3) is 0 Å². The number of nitrogens with two attached hydrogens (primary N) is 1. The molecule has 0 bridgehead atoms. The molecule has 2 rings (SSSR count). The molecule has 1 unspecified atom stereocenters. The molecule has 1 fully saturated rings. The van der Waals surface area contributed by atoms with E-state index >= 15 is 0 Å². The van der Waals surface area contributed by atoms with Crippen LogP contribution in [0.5, 0.6) is 0 Å². The smallest absolute Gasteiger partial charge is 0.451 e. The maximum absolute atomic E-state index is 13.3. The molecular formula is C20H31BF2N4O5. The number of nitrogens with zero attached hydrogens (tertiary/aromatic N) is 2. The number of nitrogens with one attached hydrogen (secondary N) is 1. The minimum Gasteiger partial charge on any atom is -0.480 e. The summed E-state index contributed by atoms with van der Waals surface area (Å²) in [7, 11) is -1.40. The van der Waals surface area contributed by atoms with Crippen molar-refractivity contribution in [3.8, 4) is 0 Å². The van der Waals surface area contributed by atoms with Crippen molar-refractivity contribution < 1.29 is 33.5 Å². The molecule has 0 aromatic heterocycles. The summed E-state index contributed by atoms with van der Waals surface area (Å²) in [6.07, 6.45) is 2.26. The zero-order valence-electron chi connectivity index (χ0n) is 18.0. The molecule has 12 heteroatoms. The van der Waals surface area contributed by atoms with Gasteiger partial charge in [0.05, 0.1) is 0 Å². The summed E-state index contributed by atoms with van der Waals surface area (Å²) >= 11 is 0. The van der Waals surface area contributed by atoms with E-state index in [9.17, 15) is 23.5 Å². The van der Waals surface area contributed by atoms with Crippen LogP contribution in [-0.4, -0.2) is 82.3 Å². The second-order valence-electron chi connectivity index (χ2n) is 8.21. The van der Waals surface area contributed by atoms with Gasteiger partial charge in [-0.05, 0) is 44.3 Å². The van der Waals surface area contributed by atoms with Gasteiger partial charge in [0.15, 0.2) is 0 Å². The molecule has 2 amide bonds. The van der Waals surface area contributed by atoms with Crippen molar-refractivity contribution in [2.75, 3.05) is 38.0 Å². The van der Waals surface area contributed by atoms with E-state index in [1.165, 1.54) is 0 Å². The molecule has 1 atom stereocenters. The fourth-order valence-corrected chi connectivity index (χ4v) is 3.73. The van der Waals surface area contributed by atoms with Gasteiger partial charge in [0, 0.05) is 37.9 Å².